The molecule has 0 radical (unpaired) electrons. The summed E-state index contributed by atoms with van der Waals surface area (Å²) < 4.78 is 0. The lowest BCUT2D eigenvalue weighted by atomic mass is 9.73. The number of fused-ring (bicyclic) bond motifs is 1. The summed E-state index contributed by atoms with van der Waals surface area (Å²) in [5.41, 5.74) is 4.52. The van der Waals surface area contributed by atoms with Crippen LogP contribution < -0.4 is 0 Å². The van der Waals surface area contributed by atoms with Gasteiger partial charge in [0.15, 0.2) is 0 Å². The van der Waals surface area contributed by atoms with Crippen molar-refractivity contribution in [2.24, 2.45) is 0 Å². The SMILES string of the molecule is N=C(c1ccccc1)C1Cc2ccccc21. The Morgan fingerprint density at radius 3 is 2.38 bits per heavy atom. The highest BCUT2D eigenvalue weighted by molar-refractivity contribution is 6.04. The summed E-state index contributed by atoms with van der Waals surface area (Å²) in [6.45, 7) is 0. The summed E-state index contributed by atoms with van der Waals surface area (Å²) in [5.74, 6) is 0.304. The van der Waals surface area contributed by atoms with Crippen LogP contribution in [0.25, 0.3) is 0 Å². The summed E-state index contributed by atoms with van der Waals surface area (Å²) >= 11 is 0. The van der Waals surface area contributed by atoms with Crippen molar-refractivity contribution in [1.82, 2.24) is 0 Å². The Morgan fingerprint density at radius 2 is 1.62 bits per heavy atom. The molecule has 0 bridgehead atoms. The lowest BCUT2D eigenvalue weighted by molar-refractivity contribution is 0.764. The Balaban J connectivity index is 1.91. The Hall–Kier alpha value is -1.89. The van der Waals surface area contributed by atoms with Crippen molar-refractivity contribution in [1.29, 1.82) is 5.41 Å². The topological polar surface area (TPSA) is 23.9 Å². The number of hydrogen-bond donors (Lipinski definition) is 1. The fourth-order valence-corrected chi connectivity index (χ4v) is 2.34. The number of rotatable bonds is 2. The normalized spacial score (nSPS) is 17.4. The molecule has 0 spiro atoms. The molecule has 1 aliphatic rings. The fourth-order valence-electron chi connectivity index (χ4n) is 2.34. The molecule has 0 heterocycles. The van der Waals surface area contributed by atoms with Gasteiger partial charge in [0.2, 0.25) is 0 Å². The van der Waals surface area contributed by atoms with Gasteiger partial charge in [-0.2, -0.15) is 0 Å². The molecular formula is C15H13N. The van der Waals surface area contributed by atoms with Crippen molar-refractivity contribution in [3.05, 3.63) is 71.3 Å². The maximum absolute atomic E-state index is 8.22. The third kappa shape index (κ3) is 1.36. The van der Waals surface area contributed by atoms with Crippen LogP contribution in [-0.2, 0) is 6.42 Å². The summed E-state index contributed by atoms with van der Waals surface area (Å²) in [4.78, 5) is 0. The minimum Gasteiger partial charge on any atom is -0.304 e. The van der Waals surface area contributed by atoms with Gasteiger partial charge >= 0.3 is 0 Å². The zero-order valence-electron chi connectivity index (χ0n) is 8.98. The van der Waals surface area contributed by atoms with Crippen LogP contribution in [0.1, 0.15) is 22.6 Å². The fraction of sp³-hybridized carbons (Fsp3) is 0.133. The molecule has 1 N–H and O–H groups in total. The maximum Gasteiger partial charge on any atom is 0.0464 e. The molecule has 2 aromatic rings. The highest BCUT2D eigenvalue weighted by Crippen LogP contribution is 2.36. The molecule has 2 aromatic carbocycles. The van der Waals surface area contributed by atoms with Crippen LogP contribution in [0.3, 0.4) is 0 Å². The molecule has 16 heavy (non-hydrogen) atoms. The molecule has 0 aliphatic heterocycles. The summed E-state index contributed by atoms with van der Waals surface area (Å²) in [5, 5.41) is 8.22. The van der Waals surface area contributed by atoms with Crippen LogP contribution in [0.5, 0.6) is 0 Å². The van der Waals surface area contributed by atoms with E-state index < -0.39 is 0 Å². The number of benzene rings is 2. The summed E-state index contributed by atoms with van der Waals surface area (Å²) in [6.07, 6.45) is 1.02. The van der Waals surface area contributed by atoms with Crippen molar-refractivity contribution in [3.8, 4) is 0 Å². The lowest BCUT2D eigenvalue weighted by Crippen LogP contribution is -2.25. The second kappa shape index (κ2) is 3.60. The molecule has 1 heteroatoms. The smallest absolute Gasteiger partial charge is 0.0464 e. The van der Waals surface area contributed by atoms with Gasteiger partial charge in [0.25, 0.3) is 0 Å². The highest BCUT2D eigenvalue weighted by Gasteiger charge is 2.29. The molecule has 3 rings (SSSR count). The average Bonchev–Trinajstić information content (AvgIpc) is 2.32. The molecule has 1 nitrogen and oxygen atoms in total. The second-order valence-corrected chi connectivity index (χ2v) is 4.24. The first-order chi connectivity index (χ1) is 7.86. The molecule has 78 valence electrons. The van der Waals surface area contributed by atoms with E-state index in [1.165, 1.54) is 11.1 Å². The van der Waals surface area contributed by atoms with Crippen LogP contribution in [0.15, 0.2) is 54.6 Å². The van der Waals surface area contributed by atoms with Gasteiger partial charge < -0.3 is 5.41 Å². The molecule has 0 amide bonds. The minimum absolute atomic E-state index is 0.304. The minimum atomic E-state index is 0.304. The first-order valence-electron chi connectivity index (χ1n) is 5.58. The van der Waals surface area contributed by atoms with E-state index in [0.29, 0.717) is 5.92 Å². The van der Waals surface area contributed by atoms with Gasteiger partial charge in [0.1, 0.15) is 0 Å². The zero-order valence-corrected chi connectivity index (χ0v) is 8.98. The van der Waals surface area contributed by atoms with E-state index in [0.717, 1.165) is 17.7 Å². The van der Waals surface area contributed by atoms with Crippen LogP contribution in [0, 0.1) is 5.41 Å². The Kier molecular flexibility index (Phi) is 2.10. The highest BCUT2D eigenvalue weighted by atomic mass is 14.5. The molecular weight excluding hydrogens is 194 g/mol. The van der Waals surface area contributed by atoms with Gasteiger partial charge in [-0.05, 0) is 23.1 Å². The van der Waals surface area contributed by atoms with E-state index in [4.69, 9.17) is 5.41 Å². The predicted molar refractivity (Wildman–Crippen MR) is 66.2 cm³/mol. The average molecular weight is 207 g/mol. The van der Waals surface area contributed by atoms with Gasteiger partial charge in [0.05, 0.1) is 0 Å². The van der Waals surface area contributed by atoms with E-state index >= 15 is 0 Å². The predicted octanol–water partition coefficient (Wildman–Crippen LogP) is 3.39. The van der Waals surface area contributed by atoms with E-state index in [1.54, 1.807) is 0 Å². The second-order valence-electron chi connectivity index (χ2n) is 4.24. The third-order valence-electron chi connectivity index (χ3n) is 3.29. The van der Waals surface area contributed by atoms with Gasteiger partial charge in [0, 0.05) is 11.6 Å². The van der Waals surface area contributed by atoms with Crippen LogP contribution in [-0.4, -0.2) is 5.71 Å². The van der Waals surface area contributed by atoms with E-state index in [9.17, 15) is 0 Å². The molecule has 1 atom stereocenters. The van der Waals surface area contributed by atoms with Gasteiger partial charge in [-0.25, -0.2) is 0 Å². The molecule has 1 unspecified atom stereocenters. The van der Waals surface area contributed by atoms with Gasteiger partial charge in [-0.15, -0.1) is 0 Å². The van der Waals surface area contributed by atoms with Crippen molar-refractivity contribution >= 4 is 5.71 Å². The van der Waals surface area contributed by atoms with Crippen molar-refractivity contribution < 1.29 is 0 Å². The van der Waals surface area contributed by atoms with Gasteiger partial charge in [-0.3, -0.25) is 0 Å². The van der Waals surface area contributed by atoms with Crippen molar-refractivity contribution in [2.75, 3.05) is 0 Å². The lowest BCUT2D eigenvalue weighted by Gasteiger charge is -2.30. The Morgan fingerprint density at radius 1 is 0.938 bits per heavy atom. The van der Waals surface area contributed by atoms with E-state index in [2.05, 4.69) is 24.3 Å². The standard InChI is InChI=1S/C15H13N/c16-15(11-6-2-1-3-7-11)14-10-12-8-4-5-9-13(12)14/h1-9,14,16H,10H2. The van der Waals surface area contributed by atoms with Gasteiger partial charge in [-0.1, -0.05) is 54.6 Å². The number of hydrogen-bond acceptors (Lipinski definition) is 1. The molecule has 0 fully saturated rings. The van der Waals surface area contributed by atoms with Crippen LogP contribution >= 0.6 is 0 Å². The van der Waals surface area contributed by atoms with Crippen molar-refractivity contribution in [2.45, 2.75) is 12.3 Å². The summed E-state index contributed by atoms with van der Waals surface area (Å²) in [7, 11) is 0. The third-order valence-corrected chi connectivity index (χ3v) is 3.29. The number of nitrogens with one attached hydrogen (secondary N) is 1. The van der Waals surface area contributed by atoms with E-state index in [-0.39, 0.29) is 0 Å². The molecule has 0 saturated carbocycles. The first-order valence-corrected chi connectivity index (χ1v) is 5.58. The Bertz CT molecular complexity index is 528. The molecule has 1 aliphatic carbocycles. The largest absolute Gasteiger partial charge is 0.304 e. The van der Waals surface area contributed by atoms with E-state index in [1.807, 2.05) is 30.3 Å². The Labute approximate surface area is 95.3 Å². The van der Waals surface area contributed by atoms with Crippen molar-refractivity contribution in [3.63, 3.8) is 0 Å². The first kappa shape index (κ1) is 9.34. The monoisotopic (exact) mass is 207 g/mol. The molecule has 0 aromatic heterocycles. The van der Waals surface area contributed by atoms with Crippen LogP contribution in [0.4, 0.5) is 0 Å². The quantitative estimate of drug-likeness (QED) is 0.730. The maximum atomic E-state index is 8.22. The molecule has 0 saturated heterocycles. The summed E-state index contributed by atoms with van der Waals surface area (Å²) in [6, 6.07) is 18.4. The van der Waals surface area contributed by atoms with Crippen LogP contribution in [0.2, 0.25) is 0 Å². The zero-order chi connectivity index (χ0) is 11.0.